The topological polar surface area (TPSA) is 36.7 Å². The molecule has 88 heavy (non-hydrogen) atoms. The zero-order valence-electron chi connectivity index (χ0n) is 54.0. The van der Waals surface area contributed by atoms with Gasteiger partial charge in [0.2, 0.25) is 0 Å². The number of aromatic nitrogens is 1. The van der Waals surface area contributed by atoms with Crippen LogP contribution in [0.4, 0.5) is 0 Å². The summed E-state index contributed by atoms with van der Waals surface area (Å²) in [5.74, 6) is 0. The maximum absolute atomic E-state index is 9.54. The lowest BCUT2D eigenvalue weighted by atomic mass is 9.81. The van der Waals surface area contributed by atoms with Crippen molar-refractivity contribution in [3.8, 4) is 33.5 Å². The summed E-state index contributed by atoms with van der Waals surface area (Å²) in [6.07, 6.45) is 9.69. The molecule has 0 aliphatic rings. The Morgan fingerprint density at radius 1 is 0.466 bits per heavy atom. The van der Waals surface area contributed by atoms with E-state index in [0.717, 1.165) is 72.3 Å². The maximum atomic E-state index is 9.54. The standard InChI is InChI=1S/C79H66N2.C3H8.2C2H6/c1-10-56(78(4,5)6)48-76(80)50(2)43-71(53-35-38-69-63-29-16-14-25-59(63)61-27-18-20-31-65(61)74(69)45-53)51(3)58-33-22-34-67(73(58)44-52-23-12-11-13-24-52)68-40-37-55(77-49-57(41-42-81-77)79(7,8)9)47-72(68)54-36-39-70-64-30-17-15-26-60(64)62-28-19-21-32-66(62)75(70)46-54;1-3-2;2*1-2/h10-43,45-49,80H,1-3,44H2,4-9H3;3H2,1-2H3;2*1-2H3/b56-48+,71-43+,80-76?;;;. The summed E-state index contributed by atoms with van der Waals surface area (Å²) in [6.45, 7) is 39.3. The van der Waals surface area contributed by atoms with E-state index in [1.54, 1.807) is 0 Å². The smallest absolute Gasteiger partial charge is 0.0705 e. The molecule has 0 fully saturated rings. The fourth-order valence-electron chi connectivity index (χ4n) is 12.1. The predicted molar refractivity (Wildman–Crippen MR) is 390 cm³/mol. The van der Waals surface area contributed by atoms with Gasteiger partial charge in [-0.25, -0.2) is 0 Å². The largest absolute Gasteiger partial charge is 0.300 e. The number of nitrogens with zero attached hydrogens (tertiary/aromatic N) is 1. The van der Waals surface area contributed by atoms with Crippen molar-refractivity contribution in [2.75, 3.05) is 0 Å². The van der Waals surface area contributed by atoms with Gasteiger partial charge in [-0.05, 0) is 197 Å². The first kappa shape index (κ1) is 63.0. The van der Waals surface area contributed by atoms with Crippen LogP contribution in [0.25, 0.3) is 109 Å². The van der Waals surface area contributed by atoms with Crippen LogP contribution in [0.1, 0.15) is 117 Å². The molecule has 1 heterocycles. The summed E-state index contributed by atoms with van der Waals surface area (Å²) in [7, 11) is 0. The van der Waals surface area contributed by atoms with Crippen molar-refractivity contribution in [2.45, 2.75) is 101 Å². The SMILES string of the molecule is C=C/C(=C\C(=N)C(=C)/C=C(\C(=C)c1cccc(-c2ccc(-c3cc(C(C)(C)C)ccn3)cc2-c2ccc3c4ccccc4c4ccccc4c3c2)c1Cc1ccccc1)c1ccc2c3ccccc3c3ccccc3c2c1)C(C)(C)C.CC.CC.CCC. The van der Waals surface area contributed by atoms with E-state index in [-0.39, 0.29) is 10.8 Å². The van der Waals surface area contributed by atoms with Gasteiger partial charge in [0.05, 0.1) is 11.4 Å². The van der Waals surface area contributed by atoms with E-state index in [1.165, 1.54) is 76.8 Å². The van der Waals surface area contributed by atoms with Gasteiger partial charge in [-0.2, -0.15) is 0 Å². The molecule has 11 aromatic carbocycles. The third-order valence-electron chi connectivity index (χ3n) is 16.4. The molecule has 0 bridgehead atoms. The number of nitrogens with one attached hydrogen (secondary N) is 1. The van der Waals surface area contributed by atoms with Crippen LogP contribution in [0.5, 0.6) is 0 Å². The molecule has 2 heteroatoms. The van der Waals surface area contributed by atoms with E-state index < -0.39 is 0 Å². The van der Waals surface area contributed by atoms with Crippen LogP contribution < -0.4 is 0 Å². The molecular weight excluding hydrogens is 1060 g/mol. The van der Waals surface area contributed by atoms with Gasteiger partial charge in [-0.3, -0.25) is 4.98 Å². The Hall–Kier alpha value is -9.50. The Morgan fingerprint density at radius 3 is 1.45 bits per heavy atom. The number of rotatable bonds is 12. The van der Waals surface area contributed by atoms with Crippen LogP contribution in [-0.2, 0) is 11.8 Å². The maximum Gasteiger partial charge on any atom is 0.0705 e. The lowest BCUT2D eigenvalue weighted by Crippen LogP contribution is -2.11. The van der Waals surface area contributed by atoms with E-state index in [0.29, 0.717) is 17.7 Å². The number of hydrogen-bond acceptors (Lipinski definition) is 2. The highest BCUT2D eigenvalue weighted by molar-refractivity contribution is 6.27. The minimum Gasteiger partial charge on any atom is -0.300 e. The molecule has 0 unspecified atom stereocenters. The monoisotopic (exact) mass is 1150 g/mol. The van der Waals surface area contributed by atoms with Gasteiger partial charge >= 0.3 is 0 Å². The molecule has 1 N–H and O–H groups in total. The molecule has 12 rings (SSSR count). The van der Waals surface area contributed by atoms with E-state index in [9.17, 15) is 5.41 Å². The molecule has 12 aromatic rings. The Bertz CT molecular complexity index is 4570. The van der Waals surface area contributed by atoms with E-state index in [2.05, 4.69) is 287 Å². The van der Waals surface area contributed by atoms with Crippen LogP contribution >= 0.6 is 0 Å². The van der Waals surface area contributed by atoms with Gasteiger partial charge in [0.15, 0.2) is 0 Å². The second-order valence-corrected chi connectivity index (χ2v) is 24.4. The molecule has 0 saturated heterocycles. The Labute approximate surface area is 524 Å². The number of pyridine rings is 1. The quantitative estimate of drug-likeness (QED) is 0.0739. The first-order chi connectivity index (χ1) is 42.6. The van der Waals surface area contributed by atoms with Gasteiger partial charge in [0.1, 0.15) is 0 Å². The molecule has 1 aromatic heterocycles. The van der Waals surface area contributed by atoms with Gasteiger partial charge in [0, 0.05) is 11.8 Å². The van der Waals surface area contributed by atoms with E-state index in [4.69, 9.17) is 11.6 Å². The molecule has 0 atom stereocenters. The second-order valence-electron chi connectivity index (χ2n) is 24.4. The number of fused-ring (bicyclic) bond motifs is 12. The Morgan fingerprint density at radius 2 is 0.943 bits per heavy atom. The lowest BCUT2D eigenvalue weighted by molar-refractivity contribution is 0.518. The van der Waals surface area contributed by atoms with Crippen molar-refractivity contribution >= 4 is 81.5 Å². The van der Waals surface area contributed by atoms with Crippen molar-refractivity contribution in [3.63, 3.8) is 0 Å². The van der Waals surface area contributed by atoms with Crippen molar-refractivity contribution in [3.05, 3.63) is 295 Å². The van der Waals surface area contributed by atoms with Gasteiger partial charge < -0.3 is 5.41 Å². The highest BCUT2D eigenvalue weighted by Crippen LogP contribution is 2.46. The molecule has 0 amide bonds. The highest BCUT2D eigenvalue weighted by Gasteiger charge is 2.23. The molecule has 2 nitrogen and oxygen atoms in total. The summed E-state index contributed by atoms with van der Waals surface area (Å²) in [5, 5.41) is 24.1. The summed E-state index contributed by atoms with van der Waals surface area (Å²) in [4.78, 5) is 5.01. The number of allylic oxidation sites excluding steroid dienone is 7. The van der Waals surface area contributed by atoms with E-state index >= 15 is 0 Å². The molecule has 0 aliphatic carbocycles. The van der Waals surface area contributed by atoms with Crippen LogP contribution in [-0.4, -0.2) is 10.7 Å². The fourth-order valence-corrected chi connectivity index (χ4v) is 12.1. The highest BCUT2D eigenvalue weighted by atomic mass is 14.7. The normalized spacial score (nSPS) is 11.8. The second kappa shape index (κ2) is 27.5. The molecule has 0 radical (unpaired) electrons. The average Bonchev–Trinajstić information content (AvgIpc) is 0.820. The average molecular weight is 1150 g/mol. The first-order valence-electron chi connectivity index (χ1n) is 31.5. The molecule has 440 valence electrons. The minimum atomic E-state index is -0.210. The zero-order chi connectivity index (χ0) is 62.9. The lowest BCUT2D eigenvalue weighted by Gasteiger charge is -2.23. The molecule has 0 saturated carbocycles. The van der Waals surface area contributed by atoms with E-state index in [1.807, 2.05) is 46.0 Å². The summed E-state index contributed by atoms with van der Waals surface area (Å²) in [5.41, 5.74) is 15.4. The number of hydrogen-bond donors (Lipinski definition) is 1. The third kappa shape index (κ3) is 13.0. The van der Waals surface area contributed by atoms with Crippen molar-refractivity contribution < 1.29 is 0 Å². The van der Waals surface area contributed by atoms with Gasteiger partial charge in [-0.1, -0.05) is 297 Å². The van der Waals surface area contributed by atoms with Crippen molar-refractivity contribution in [2.24, 2.45) is 5.41 Å². The van der Waals surface area contributed by atoms with Crippen LogP contribution in [0.15, 0.2) is 268 Å². The Kier molecular flexibility index (Phi) is 19.7. The molecule has 0 spiro atoms. The first-order valence-corrected chi connectivity index (χ1v) is 31.5. The summed E-state index contributed by atoms with van der Waals surface area (Å²) < 4.78 is 0. The van der Waals surface area contributed by atoms with Crippen molar-refractivity contribution in [1.29, 1.82) is 5.41 Å². The summed E-state index contributed by atoms with van der Waals surface area (Å²) in [6, 6.07) is 77.7. The van der Waals surface area contributed by atoms with Crippen molar-refractivity contribution in [1.82, 2.24) is 4.98 Å². The van der Waals surface area contributed by atoms with Gasteiger partial charge in [-0.15, -0.1) is 0 Å². The molecular formula is C86H86N2. The molecule has 0 aliphatic heterocycles. The van der Waals surface area contributed by atoms with Crippen LogP contribution in [0, 0.1) is 10.8 Å². The van der Waals surface area contributed by atoms with Gasteiger partial charge in [0.25, 0.3) is 0 Å². The third-order valence-corrected chi connectivity index (χ3v) is 16.4. The van der Waals surface area contributed by atoms with Crippen LogP contribution in [0.3, 0.4) is 0 Å². The van der Waals surface area contributed by atoms with Crippen LogP contribution in [0.2, 0.25) is 0 Å². The Balaban J connectivity index is 0.00000127. The predicted octanol–water partition coefficient (Wildman–Crippen LogP) is 25.2. The zero-order valence-corrected chi connectivity index (χ0v) is 54.0. The minimum absolute atomic E-state index is 0.0512. The number of benzene rings is 11. The summed E-state index contributed by atoms with van der Waals surface area (Å²) >= 11 is 0. The fraction of sp³-hybridized carbons (Fsp3) is 0.186.